The van der Waals surface area contributed by atoms with Crippen molar-refractivity contribution in [3.05, 3.63) is 175 Å². The lowest BCUT2D eigenvalue weighted by molar-refractivity contribution is 1.07. The third kappa shape index (κ3) is 5.66. The summed E-state index contributed by atoms with van der Waals surface area (Å²) in [5.74, 6) is -2.18. The average molecular weight is 679 g/mol. The van der Waals surface area contributed by atoms with E-state index < -0.39 is 183 Å². The standard InChI is InChI=1S/C46H31N3S/c1-30-10-7-13-36(28-30)33-22-26-35(27-23-33)45-47-44(34-24-20-32(21-25-34)31-11-3-2-4-12-31)48-46(49-45)38-15-8-14-37(29-38)39-17-9-18-41-40-16-5-6-19-42(40)50-43(39)41/h2-29H,1H3/i2D,3D,4D,7D,8D,10D,11D,12D,13D,14D,15D,20D,21D,22D,23D,24D,25D,26D,27D,28D,29D. The minimum absolute atomic E-state index is 0.0704. The Kier molecular flexibility index (Phi) is 3.83. The number of hydrogen-bond acceptors (Lipinski definition) is 4. The van der Waals surface area contributed by atoms with Crippen LogP contribution in [0.15, 0.2) is 169 Å². The maximum absolute atomic E-state index is 9.66. The van der Waals surface area contributed by atoms with Crippen molar-refractivity contribution in [2.45, 2.75) is 6.92 Å². The predicted molar refractivity (Wildman–Crippen MR) is 210 cm³/mol. The Morgan fingerprint density at radius 2 is 0.980 bits per heavy atom. The molecule has 50 heavy (non-hydrogen) atoms. The molecule has 4 heteroatoms. The van der Waals surface area contributed by atoms with Crippen LogP contribution >= 0.6 is 11.3 Å². The van der Waals surface area contributed by atoms with Crippen LogP contribution in [0.3, 0.4) is 0 Å². The number of hydrogen-bond donors (Lipinski definition) is 0. The molecule has 7 aromatic carbocycles. The van der Waals surface area contributed by atoms with Crippen molar-refractivity contribution in [1.82, 2.24) is 15.0 Å². The lowest BCUT2D eigenvalue weighted by atomic mass is 10.0. The molecule has 3 nitrogen and oxygen atoms in total. The topological polar surface area (TPSA) is 38.7 Å². The van der Waals surface area contributed by atoms with E-state index in [4.69, 9.17) is 21.9 Å². The lowest BCUT2D eigenvalue weighted by Gasteiger charge is -2.11. The summed E-state index contributed by atoms with van der Waals surface area (Å²) in [7, 11) is 0. The summed E-state index contributed by atoms with van der Waals surface area (Å²) in [5.41, 5.74) is -4.13. The van der Waals surface area contributed by atoms with Crippen molar-refractivity contribution in [3.8, 4) is 67.5 Å². The molecule has 9 aromatic rings. The van der Waals surface area contributed by atoms with Gasteiger partial charge in [0.15, 0.2) is 17.5 Å². The van der Waals surface area contributed by atoms with Crippen molar-refractivity contribution >= 4 is 31.5 Å². The molecule has 236 valence electrons. The van der Waals surface area contributed by atoms with Gasteiger partial charge in [0, 0.05) is 36.9 Å². The molecular weight excluding hydrogens is 627 g/mol. The van der Waals surface area contributed by atoms with Gasteiger partial charge in [-0.15, -0.1) is 11.3 Å². The quantitative estimate of drug-likeness (QED) is 0.176. The highest BCUT2D eigenvalue weighted by Gasteiger charge is 2.15. The van der Waals surface area contributed by atoms with E-state index in [0.717, 1.165) is 15.5 Å². The van der Waals surface area contributed by atoms with Crippen LogP contribution in [0.2, 0.25) is 0 Å². The molecule has 0 amide bonds. The first-order valence-electron chi connectivity index (χ1n) is 25.6. The second-order valence-corrected chi connectivity index (χ2v) is 11.9. The molecule has 0 radical (unpaired) electrons. The van der Waals surface area contributed by atoms with Gasteiger partial charge < -0.3 is 0 Å². The van der Waals surface area contributed by atoms with Crippen molar-refractivity contribution in [1.29, 1.82) is 0 Å². The zero-order valence-electron chi connectivity index (χ0n) is 46.8. The van der Waals surface area contributed by atoms with Crippen LogP contribution in [0.4, 0.5) is 0 Å². The molecule has 0 unspecified atom stereocenters. The number of aromatic nitrogens is 3. The van der Waals surface area contributed by atoms with Gasteiger partial charge in [-0.25, -0.2) is 15.0 Å². The minimum Gasteiger partial charge on any atom is -0.208 e. The monoisotopic (exact) mass is 678 g/mol. The number of fused-ring (bicyclic) bond motifs is 3. The van der Waals surface area contributed by atoms with Crippen LogP contribution in [0.5, 0.6) is 0 Å². The Bertz CT molecular complexity index is 3600. The largest absolute Gasteiger partial charge is 0.208 e. The van der Waals surface area contributed by atoms with Gasteiger partial charge >= 0.3 is 0 Å². The smallest absolute Gasteiger partial charge is 0.164 e. The number of thiophene rings is 1. The molecule has 2 aromatic heterocycles. The van der Waals surface area contributed by atoms with Gasteiger partial charge in [-0.3, -0.25) is 0 Å². The van der Waals surface area contributed by atoms with E-state index in [1.165, 1.54) is 18.3 Å². The summed E-state index contributed by atoms with van der Waals surface area (Å²) in [5, 5.41) is 1.66. The van der Waals surface area contributed by atoms with Crippen LogP contribution in [-0.2, 0) is 0 Å². The molecule has 0 spiro atoms. The molecule has 0 aliphatic heterocycles. The summed E-state index contributed by atoms with van der Waals surface area (Å²) in [6.45, 7) is 1.33. The SMILES string of the molecule is [2H]c1c([2H])c([2H])c(-c2c([2H])c([2H])c(-c3nc(-c4c([2H])c([2H])c(-c5c([2H])c([2H])c([2H])c(C)c5[2H])c([2H])c4[2H])nc(-c4c([2H])c([2H])c([2H])c(-c5cccc6c5sc5ccccc56)c4[2H])n3)c([2H])c2[2H])c([2H])c1[2H]. The molecule has 0 saturated carbocycles. The molecule has 0 aliphatic rings. The zero-order valence-corrected chi connectivity index (χ0v) is 26.6. The van der Waals surface area contributed by atoms with Crippen LogP contribution in [0, 0.1) is 6.92 Å². The van der Waals surface area contributed by atoms with Gasteiger partial charge in [0.25, 0.3) is 0 Å². The predicted octanol–water partition coefficient (Wildman–Crippen LogP) is 12.5. The Hall–Kier alpha value is -6.23. The third-order valence-corrected chi connectivity index (χ3v) is 8.82. The second-order valence-electron chi connectivity index (χ2n) is 10.8. The van der Waals surface area contributed by atoms with E-state index in [1.807, 2.05) is 30.3 Å². The summed E-state index contributed by atoms with van der Waals surface area (Å²) >= 11 is 1.36. The average Bonchev–Trinajstić information content (AvgIpc) is 3.74. The molecule has 0 saturated heterocycles. The first-order chi connectivity index (χ1) is 33.4. The number of rotatable bonds is 6. The minimum atomic E-state index is -0.923. The van der Waals surface area contributed by atoms with Crippen LogP contribution in [-0.4, -0.2) is 15.0 Å². The van der Waals surface area contributed by atoms with E-state index in [2.05, 4.69) is 15.0 Å². The van der Waals surface area contributed by atoms with Gasteiger partial charge in [-0.2, -0.15) is 0 Å². The maximum Gasteiger partial charge on any atom is 0.164 e. The second kappa shape index (κ2) is 12.7. The number of benzene rings is 7. The van der Waals surface area contributed by atoms with E-state index in [9.17, 15) is 6.85 Å². The van der Waals surface area contributed by atoms with E-state index in [0.29, 0.717) is 10.3 Å². The molecular formula is C46H31N3S. The van der Waals surface area contributed by atoms with Crippen molar-refractivity contribution in [3.63, 3.8) is 0 Å². The highest BCUT2D eigenvalue weighted by molar-refractivity contribution is 7.26. The lowest BCUT2D eigenvalue weighted by Crippen LogP contribution is -2.00. The Morgan fingerprint density at radius 1 is 0.440 bits per heavy atom. The highest BCUT2D eigenvalue weighted by atomic mass is 32.1. The first kappa shape index (κ1) is 15.1. The van der Waals surface area contributed by atoms with Gasteiger partial charge in [-0.05, 0) is 52.4 Å². The molecule has 0 aliphatic carbocycles. The molecule has 0 bridgehead atoms. The van der Waals surface area contributed by atoms with Crippen molar-refractivity contribution in [2.24, 2.45) is 0 Å². The van der Waals surface area contributed by atoms with Crippen molar-refractivity contribution in [2.75, 3.05) is 0 Å². The highest BCUT2D eigenvalue weighted by Crippen LogP contribution is 2.40. The first-order valence-corrected chi connectivity index (χ1v) is 15.9. The number of nitrogens with zero attached hydrogens (tertiary/aromatic N) is 3. The van der Waals surface area contributed by atoms with E-state index in [1.54, 1.807) is 12.1 Å². The molecule has 0 N–H and O–H groups in total. The Balaban J connectivity index is 1.38. The van der Waals surface area contributed by atoms with E-state index >= 15 is 0 Å². The van der Waals surface area contributed by atoms with Crippen molar-refractivity contribution < 1.29 is 28.8 Å². The molecule has 9 rings (SSSR count). The Labute approximate surface area is 324 Å². The summed E-state index contributed by atoms with van der Waals surface area (Å²) < 4.78 is 187. The normalized spacial score (nSPS) is 17.2. The molecule has 0 fully saturated rings. The summed E-state index contributed by atoms with van der Waals surface area (Å²) in [4.78, 5) is 13.3. The maximum atomic E-state index is 9.66. The van der Waals surface area contributed by atoms with Crippen LogP contribution in [0.1, 0.15) is 34.3 Å². The van der Waals surface area contributed by atoms with Gasteiger partial charge in [0.1, 0.15) is 0 Å². The molecule has 2 heterocycles. The van der Waals surface area contributed by atoms with Crippen LogP contribution < -0.4 is 0 Å². The molecule has 0 atom stereocenters. The fourth-order valence-electron chi connectivity index (χ4n) is 5.28. The summed E-state index contributed by atoms with van der Waals surface area (Å²) in [6, 6.07) is -3.24. The fourth-order valence-corrected chi connectivity index (χ4v) is 6.50. The van der Waals surface area contributed by atoms with Crippen LogP contribution in [0.25, 0.3) is 87.7 Å². The van der Waals surface area contributed by atoms with Gasteiger partial charge in [0.05, 0.1) is 28.8 Å². The fraction of sp³-hybridized carbons (Fsp3) is 0.0217. The Morgan fingerprint density at radius 3 is 1.72 bits per heavy atom. The van der Waals surface area contributed by atoms with E-state index in [-0.39, 0.29) is 11.1 Å². The zero-order chi connectivity index (χ0) is 51.7. The van der Waals surface area contributed by atoms with Gasteiger partial charge in [0.2, 0.25) is 0 Å². The third-order valence-electron chi connectivity index (χ3n) is 7.60. The van der Waals surface area contributed by atoms with Gasteiger partial charge in [-0.1, -0.05) is 163 Å². The summed E-state index contributed by atoms with van der Waals surface area (Å²) in [6.07, 6.45) is 0.